The maximum atomic E-state index is 14.3. The lowest BCUT2D eigenvalue weighted by Gasteiger charge is -2.34. The predicted molar refractivity (Wildman–Crippen MR) is 126 cm³/mol. The van der Waals surface area contributed by atoms with E-state index in [1.807, 2.05) is 0 Å². The monoisotopic (exact) mass is 424 g/mol. The Morgan fingerprint density at radius 3 is 2.13 bits per heavy atom. The molecule has 2 atom stereocenters. The van der Waals surface area contributed by atoms with Crippen molar-refractivity contribution in [2.45, 2.75) is 77.0 Å². The first kappa shape index (κ1) is 22.5. The van der Waals surface area contributed by atoms with Crippen LogP contribution in [0.2, 0.25) is 0 Å². The fourth-order valence-electron chi connectivity index (χ4n) is 6.12. The van der Waals surface area contributed by atoms with Crippen molar-refractivity contribution in [3.05, 3.63) is 71.9 Å². The average molecular weight is 425 g/mol. The highest BCUT2D eigenvalue weighted by atomic mass is 19.2. The summed E-state index contributed by atoms with van der Waals surface area (Å²) in [7, 11) is 0. The standard InChI is InChI=1S/C29H38F2/c1-3-21-7-13-24(14-8-21)25-15-9-22(10-16-25)5-6-23-11-17-26(18-12-23)27-19-4-20(2)28(30)29(27)31/h3-6,9,15,19,21-26H,1,7-8,10-14,16-18H2,2H3/b6-5+. The van der Waals surface area contributed by atoms with Gasteiger partial charge in [-0.3, -0.25) is 0 Å². The molecule has 0 N–H and O–H groups in total. The largest absolute Gasteiger partial charge is 0.203 e. The SMILES string of the molecule is C=CC1CCC(C2C=CC(/C=C/C3CCC(c4ccc(C)c(F)c4F)CC3)CC2)CC1. The number of benzene rings is 1. The van der Waals surface area contributed by atoms with Gasteiger partial charge in [0.2, 0.25) is 0 Å². The smallest absolute Gasteiger partial charge is 0.162 e. The third kappa shape index (κ3) is 5.38. The molecule has 0 spiro atoms. The molecule has 0 saturated heterocycles. The third-order valence-corrected chi connectivity index (χ3v) is 8.34. The molecule has 168 valence electrons. The highest BCUT2D eigenvalue weighted by Gasteiger charge is 2.28. The normalized spacial score (nSPS) is 34.2. The van der Waals surface area contributed by atoms with Crippen LogP contribution in [0.15, 0.2) is 49.1 Å². The molecule has 1 aromatic rings. The molecule has 2 heteroatoms. The minimum absolute atomic E-state index is 0.159. The second-order valence-electron chi connectivity index (χ2n) is 10.3. The van der Waals surface area contributed by atoms with Crippen molar-refractivity contribution < 1.29 is 8.78 Å². The molecule has 2 fully saturated rings. The molecule has 3 aliphatic rings. The van der Waals surface area contributed by atoms with Crippen LogP contribution in [0, 0.1) is 48.1 Å². The Balaban J connectivity index is 1.25. The van der Waals surface area contributed by atoms with Crippen LogP contribution in [0.4, 0.5) is 8.78 Å². The van der Waals surface area contributed by atoms with E-state index < -0.39 is 11.6 Å². The van der Waals surface area contributed by atoms with Gasteiger partial charge in [0.1, 0.15) is 0 Å². The lowest BCUT2D eigenvalue weighted by molar-refractivity contribution is 0.235. The molecule has 0 aliphatic heterocycles. The summed E-state index contributed by atoms with van der Waals surface area (Å²) in [6.45, 7) is 5.59. The summed E-state index contributed by atoms with van der Waals surface area (Å²) in [5.74, 6) is 2.41. The Kier molecular flexibility index (Phi) is 7.46. The van der Waals surface area contributed by atoms with Gasteiger partial charge in [0.15, 0.2) is 11.6 Å². The summed E-state index contributed by atoms with van der Waals surface area (Å²) >= 11 is 0. The molecule has 0 bridgehead atoms. The molecule has 0 radical (unpaired) electrons. The van der Waals surface area contributed by atoms with Crippen LogP contribution in [0.1, 0.15) is 81.3 Å². The lowest BCUT2D eigenvalue weighted by Crippen LogP contribution is -2.22. The van der Waals surface area contributed by atoms with E-state index in [4.69, 9.17) is 0 Å². The summed E-state index contributed by atoms with van der Waals surface area (Å²) in [6.07, 6.45) is 23.9. The minimum Gasteiger partial charge on any atom is -0.203 e. The number of rotatable bonds is 5. The van der Waals surface area contributed by atoms with E-state index in [9.17, 15) is 8.78 Å². The van der Waals surface area contributed by atoms with Gasteiger partial charge < -0.3 is 0 Å². The van der Waals surface area contributed by atoms with Crippen molar-refractivity contribution in [3.8, 4) is 0 Å². The maximum absolute atomic E-state index is 14.3. The van der Waals surface area contributed by atoms with Gasteiger partial charge in [-0.1, -0.05) is 42.5 Å². The highest BCUT2D eigenvalue weighted by molar-refractivity contribution is 5.28. The molecular formula is C29H38F2. The van der Waals surface area contributed by atoms with E-state index in [-0.39, 0.29) is 5.92 Å². The molecule has 0 amide bonds. The molecule has 4 rings (SSSR count). The minimum atomic E-state index is -0.671. The lowest BCUT2D eigenvalue weighted by atomic mass is 9.72. The molecule has 31 heavy (non-hydrogen) atoms. The van der Waals surface area contributed by atoms with Crippen LogP contribution in [0.3, 0.4) is 0 Å². The molecule has 2 unspecified atom stereocenters. The van der Waals surface area contributed by atoms with E-state index in [0.29, 0.717) is 23.0 Å². The quantitative estimate of drug-likeness (QED) is 0.415. The summed E-state index contributed by atoms with van der Waals surface area (Å²) in [6, 6.07) is 3.51. The molecular weight excluding hydrogens is 386 g/mol. The first-order chi connectivity index (χ1) is 15.0. The summed E-state index contributed by atoms with van der Waals surface area (Å²) in [5, 5.41) is 0. The van der Waals surface area contributed by atoms with Crippen LogP contribution < -0.4 is 0 Å². The van der Waals surface area contributed by atoms with Gasteiger partial charge in [-0.25, -0.2) is 8.78 Å². The van der Waals surface area contributed by atoms with Crippen molar-refractivity contribution >= 4 is 0 Å². The Labute approximate surface area is 187 Å². The van der Waals surface area contributed by atoms with E-state index in [2.05, 4.69) is 37.0 Å². The van der Waals surface area contributed by atoms with Crippen LogP contribution in [0.25, 0.3) is 0 Å². The van der Waals surface area contributed by atoms with Crippen molar-refractivity contribution in [2.75, 3.05) is 0 Å². The number of halogens is 2. The first-order valence-electron chi connectivity index (χ1n) is 12.5. The maximum Gasteiger partial charge on any atom is 0.162 e. The second kappa shape index (κ2) is 10.3. The topological polar surface area (TPSA) is 0 Å². The fraction of sp³-hybridized carbons (Fsp3) is 0.586. The number of allylic oxidation sites excluding steroid dienone is 5. The number of aryl methyl sites for hydroxylation is 1. The van der Waals surface area contributed by atoms with Crippen LogP contribution in [0.5, 0.6) is 0 Å². The molecule has 0 heterocycles. The Hall–Kier alpha value is -1.70. The van der Waals surface area contributed by atoms with Crippen LogP contribution in [-0.2, 0) is 0 Å². The van der Waals surface area contributed by atoms with Crippen molar-refractivity contribution in [3.63, 3.8) is 0 Å². The molecule has 3 aliphatic carbocycles. The van der Waals surface area contributed by atoms with Crippen molar-refractivity contribution in [2.24, 2.45) is 29.6 Å². The number of hydrogen-bond donors (Lipinski definition) is 0. The van der Waals surface area contributed by atoms with Crippen molar-refractivity contribution in [1.29, 1.82) is 0 Å². The Morgan fingerprint density at radius 2 is 1.48 bits per heavy atom. The van der Waals surface area contributed by atoms with E-state index in [1.54, 1.807) is 19.1 Å². The Bertz CT molecular complexity index is 804. The fourth-order valence-corrected chi connectivity index (χ4v) is 6.12. The molecule has 0 aromatic heterocycles. The van der Waals surface area contributed by atoms with E-state index in [0.717, 1.165) is 43.4 Å². The van der Waals surface area contributed by atoms with Gasteiger partial charge in [0, 0.05) is 0 Å². The van der Waals surface area contributed by atoms with Gasteiger partial charge in [0.05, 0.1) is 0 Å². The van der Waals surface area contributed by atoms with Gasteiger partial charge >= 0.3 is 0 Å². The summed E-state index contributed by atoms with van der Waals surface area (Å²) < 4.78 is 28.3. The van der Waals surface area contributed by atoms with Gasteiger partial charge in [-0.05, 0) is 118 Å². The summed E-state index contributed by atoms with van der Waals surface area (Å²) in [4.78, 5) is 0. The zero-order valence-corrected chi connectivity index (χ0v) is 19.0. The molecule has 2 saturated carbocycles. The van der Waals surface area contributed by atoms with Crippen molar-refractivity contribution in [1.82, 2.24) is 0 Å². The van der Waals surface area contributed by atoms with Crippen LogP contribution >= 0.6 is 0 Å². The first-order valence-corrected chi connectivity index (χ1v) is 12.5. The predicted octanol–water partition coefficient (Wildman–Crippen LogP) is 8.68. The zero-order chi connectivity index (χ0) is 21.8. The molecule has 1 aromatic carbocycles. The number of hydrogen-bond acceptors (Lipinski definition) is 0. The average Bonchev–Trinajstić information content (AvgIpc) is 2.82. The van der Waals surface area contributed by atoms with E-state index >= 15 is 0 Å². The molecule has 0 nitrogen and oxygen atoms in total. The Morgan fingerprint density at radius 1 is 0.774 bits per heavy atom. The van der Waals surface area contributed by atoms with E-state index in [1.165, 1.54) is 38.5 Å². The highest BCUT2D eigenvalue weighted by Crippen LogP contribution is 2.40. The van der Waals surface area contributed by atoms with Gasteiger partial charge in [0.25, 0.3) is 0 Å². The van der Waals surface area contributed by atoms with Gasteiger partial charge in [-0.2, -0.15) is 0 Å². The van der Waals surface area contributed by atoms with Gasteiger partial charge in [-0.15, -0.1) is 6.58 Å². The summed E-state index contributed by atoms with van der Waals surface area (Å²) in [5.41, 5.74) is 0.971. The second-order valence-corrected chi connectivity index (χ2v) is 10.3. The zero-order valence-electron chi connectivity index (χ0n) is 19.0. The third-order valence-electron chi connectivity index (χ3n) is 8.34. The van der Waals surface area contributed by atoms with Crippen LogP contribution in [-0.4, -0.2) is 0 Å².